The van der Waals surface area contributed by atoms with Gasteiger partial charge < -0.3 is 20.3 Å². The maximum Gasteiger partial charge on any atom is 0.305 e. The predicted molar refractivity (Wildman–Crippen MR) is 297 cm³/mol. The van der Waals surface area contributed by atoms with Gasteiger partial charge in [0, 0.05) is 12.8 Å². The molecule has 0 aromatic rings. The van der Waals surface area contributed by atoms with Crippen LogP contribution >= 0.6 is 0 Å². The summed E-state index contributed by atoms with van der Waals surface area (Å²) in [6, 6.07) is -0.562. The van der Waals surface area contributed by atoms with Crippen LogP contribution in [0.3, 0.4) is 0 Å². The Kier molecular flexibility index (Phi) is 57.0. The fourth-order valence-corrected chi connectivity index (χ4v) is 9.81. The van der Waals surface area contributed by atoms with Crippen LogP contribution < -0.4 is 5.32 Å². The molecule has 0 heterocycles. The molecule has 6 heteroatoms. The lowest BCUT2D eigenvalue weighted by molar-refractivity contribution is -0.143. The lowest BCUT2D eigenvalue weighted by Crippen LogP contribution is -2.45. The molecule has 1 amide bonds. The number of allylic oxidation sites excluding steroid dienone is 2. The van der Waals surface area contributed by atoms with Crippen LogP contribution in [0.4, 0.5) is 0 Å². The van der Waals surface area contributed by atoms with Gasteiger partial charge in [0.2, 0.25) is 5.91 Å². The van der Waals surface area contributed by atoms with Crippen molar-refractivity contribution in [3.8, 4) is 0 Å². The molecule has 0 aliphatic rings. The summed E-state index contributed by atoms with van der Waals surface area (Å²) in [5, 5.41) is 23.3. The number of hydrogen-bond acceptors (Lipinski definition) is 5. The summed E-state index contributed by atoms with van der Waals surface area (Å²) in [4.78, 5) is 24.6. The molecule has 0 aliphatic carbocycles. The third kappa shape index (κ3) is 53.9. The van der Waals surface area contributed by atoms with Gasteiger partial charge in [0.25, 0.3) is 0 Å². The first-order valence-corrected chi connectivity index (χ1v) is 30.9. The Labute approximate surface area is 425 Å². The van der Waals surface area contributed by atoms with Crippen molar-refractivity contribution in [3.05, 3.63) is 12.2 Å². The Morgan fingerprint density at radius 3 is 1.06 bits per heavy atom. The highest BCUT2D eigenvalue weighted by molar-refractivity contribution is 5.76. The van der Waals surface area contributed by atoms with E-state index >= 15 is 0 Å². The minimum absolute atomic E-state index is 0.00707. The van der Waals surface area contributed by atoms with E-state index in [1.165, 1.54) is 244 Å². The molecule has 6 nitrogen and oxygen atoms in total. The molecule has 0 radical (unpaired) electrons. The van der Waals surface area contributed by atoms with E-state index in [0.717, 1.165) is 70.6 Å². The van der Waals surface area contributed by atoms with Gasteiger partial charge >= 0.3 is 5.97 Å². The number of amides is 1. The minimum atomic E-state index is -0.681. The van der Waals surface area contributed by atoms with Crippen molar-refractivity contribution in [2.75, 3.05) is 13.2 Å². The Bertz CT molecular complexity index is 1020. The SMILES string of the molecule is CCCCCCCCCCCCCCCCCCCCCCC(O)C(CO)NC(=O)CCCCC/C=C\CCCCCCCCOC(=O)CCCCCCCCCCCCCCCCCCCC. The average Bonchev–Trinajstić information content (AvgIpc) is 3.34. The van der Waals surface area contributed by atoms with Crippen LogP contribution in [0.5, 0.6) is 0 Å². The van der Waals surface area contributed by atoms with Gasteiger partial charge in [-0.3, -0.25) is 9.59 Å². The van der Waals surface area contributed by atoms with Crippen LogP contribution in [0.15, 0.2) is 12.2 Å². The topological polar surface area (TPSA) is 95.9 Å². The highest BCUT2D eigenvalue weighted by atomic mass is 16.5. The van der Waals surface area contributed by atoms with Gasteiger partial charge in [-0.25, -0.2) is 0 Å². The quantitative estimate of drug-likeness (QED) is 0.0321. The number of esters is 1. The van der Waals surface area contributed by atoms with Gasteiger partial charge in [0.1, 0.15) is 0 Å². The zero-order chi connectivity index (χ0) is 49.3. The van der Waals surface area contributed by atoms with E-state index in [2.05, 4.69) is 31.3 Å². The maximum atomic E-state index is 12.5. The molecule has 0 bridgehead atoms. The Morgan fingerprint density at radius 2 is 0.691 bits per heavy atom. The summed E-state index contributed by atoms with van der Waals surface area (Å²) >= 11 is 0. The van der Waals surface area contributed by atoms with Crippen LogP contribution in [-0.2, 0) is 14.3 Å². The second-order valence-corrected chi connectivity index (χ2v) is 21.4. The molecule has 0 rings (SSSR count). The zero-order valence-corrected chi connectivity index (χ0v) is 46.1. The van der Waals surface area contributed by atoms with E-state index in [-0.39, 0.29) is 18.5 Å². The lowest BCUT2D eigenvalue weighted by Gasteiger charge is -2.22. The van der Waals surface area contributed by atoms with Crippen molar-refractivity contribution in [2.24, 2.45) is 0 Å². The summed E-state index contributed by atoms with van der Waals surface area (Å²) in [5.74, 6) is -0.0680. The Morgan fingerprint density at radius 1 is 0.397 bits per heavy atom. The molecule has 0 saturated carbocycles. The number of carbonyl (C=O) groups excluding carboxylic acids is 2. The minimum Gasteiger partial charge on any atom is -0.466 e. The molecule has 2 unspecified atom stereocenters. The number of ether oxygens (including phenoxy) is 1. The number of unbranched alkanes of at least 4 members (excludes halogenated alkanes) is 45. The molecule has 0 spiro atoms. The molecule has 0 aromatic heterocycles. The normalized spacial score (nSPS) is 12.6. The first-order chi connectivity index (χ1) is 33.5. The van der Waals surface area contributed by atoms with E-state index in [1.54, 1.807) is 0 Å². The number of rotatable bonds is 58. The summed E-state index contributed by atoms with van der Waals surface area (Å²) in [5.41, 5.74) is 0. The Hall–Kier alpha value is -1.40. The number of nitrogens with one attached hydrogen (secondary N) is 1. The fraction of sp³-hybridized carbons (Fsp3) is 0.935. The molecule has 0 saturated heterocycles. The van der Waals surface area contributed by atoms with Crippen LogP contribution in [0.25, 0.3) is 0 Å². The third-order valence-corrected chi connectivity index (χ3v) is 14.6. The summed E-state index contributed by atoms with van der Waals surface area (Å²) < 4.78 is 5.48. The molecule has 0 aliphatic heterocycles. The first-order valence-electron chi connectivity index (χ1n) is 30.9. The first kappa shape index (κ1) is 66.6. The van der Waals surface area contributed by atoms with E-state index < -0.39 is 12.1 Å². The van der Waals surface area contributed by atoms with Crippen molar-refractivity contribution >= 4 is 11.9 Å². The second kappa shape index (κ2) is 58.2. The largest absolute Gasteiger partial charge is 0.466 e. The third-order valence-electron chi connectivity index (χ3n) is 14.6. The van der Waals surface area contributed by atoms with Crippen molar-refractivity contribution < 1.29 is 24.5 Å². The van der Waals surface area contributed by atoms with Crippen molar-refractivity contribution in [1.29, 1.82) is 0 Å². The van der Waals surface area contributed by atoms with Crippen LogP contribution in [0.2, 0.25) is 0 Å². The molecular weight excluding hydrogens is 839 g/mol. The molecule has 3 N–H and O–H groups in total. The van der Waals surface area contributed by atoms with Crippen molar-refractivity contribution in [3.63, 3.8) is 0 Å². The van der Waals surface area contributed by atoms with Gasteiger partial charge in [-0.05, 0) is 51.4 Å². The Balaban J connectivity index is 3.46. The lowest BCUT2D eigenvalue weighted by atomic mass is 10.0. The van der Waals surface area contributed by atoms with Crippen LogP contribution in [-0.4, -0.2) is 47.4 Å². The molecule has 68 heavy (non-hydrogen) atoms. The summed E-state index contributed by atoms with van der Waals surface area (Å²) in [6.45, 7) is 4.95. The highest BCUT2D eigenvalue weighted by Gasteiger charge is 2.20. The van der Waals surface area contributed by atoms with Gasteiger partial charge in [0.15, 0.2) is 0 Å². The van der Waals surface area contributed by atoms with Gasteiger partial charge in [-0.15, -0.1) is 0 Å². The zero-order valence-electron chi connectivity index (χ0n) is 46.1. The van der Waals surface area contributed by atoms with Gasteiger partial charge in [0.05, 0.1) is 25.4 Å². The summed E-state index contributed by atoms with van der Waals surface area (Å²) in [7, 11) is 0. The van der Waals surface area contributed by atoms with Gasteiger partial charge in [-0.1, -0.05) is 296 Å². The second-order valence-electron chi connectivity index (χ2n) is 21.4. The number of hydrogen-bond donors (Lipinski definition) is 3. The van der Waals surface area contributed by atoms with E-state index in [0.29, 0.717) is 25.9 Å². The fourth-order valence-electron chi connectivity index (χ4n) is 9.81. The predicted octanol–water partition coefficient (Wildman–Crippen LogP) is 19.2. The number of aliphatic hydroxyl groups excluding tert-OH is 2. The standard InChI is InChI=1S/C62H121NO5/c1-3-5-7-9-11-13-15-17-19-21-23-24-25-27-30-34-38-42-46-50-54-60(65)59(58-64)63-61(66)55-51-47-43-39-35-31-29-33-37-41-45-49-53-57-68-62(67)56-52-48-44-40-36-32-28-26-22-20-18-16-14-12-10-8-6-4-2/h31,35,59-60,64-65H,3-30,32-34,36-58H2,1-2H3,(H,63,66)/b35-31-. The van der Waals surface area contributed by atoms with E-state index in [9.17, 15) is 19.8 Å². The number of aliphatic hydroxyl groups is 2. The van der Waals surface area contributed by atoms with Crippen LogP contribution in [0, 0.1) is 0 Å². The van der Waals surface area contributed by atoms with Gasteiger partial charge in [-0.2, -0.15) is 0 Å². The van der Waals surface area contributed by atoms with E-state index in [1.807, 2.05) is 0 Å². The van der Waals surface area contributed by atoms with Crippen molar-refractivity contribution in [1.82, 2.24) is 5.32 Å². The molecule has 404 valence electrons. The van der Waals surface area contributed by atoms with Crippen LogP contribution in [0.1, 0.15) is 348 Å². The average molecular weight is 961 g/mol. The smallest absolute Gasteiger partial charge is 0.305 e. The van der Waals surface area contributed by atoms with Crippen molar-refractivity contribution in [2.45, 2.75) is 360 Å². The number of carbonyl (C=O) groups is 2. The molecule has 0 fully saturated rings. The monoisotopic (exact) mass is 960 g/mol. The molecular formula is C62H121NO5. The maximum absolute atomic E-state index is 12.5. The molecule has 2 atom stereocenters. The summed E-state index contributed by atoms with van der Waals surface area (Å²) in [6.07, 6.45) is 69.3. The van der Waals surface area contributed by atoms with E-state index in [4.69, 9.17) is 4.74 Å². The highest BCUT2D eigenvalue weighted by Crippen LogP contribution is 2.18. The molecule has 0 aromatic carbocycles.